The Bertz CT molecular complexity index is 376. The van der Waals surface area contributed by atoms with Gasteiger partial charge in [-0.2, -0.15) is 0 Å². The van der Waals surface area contributed by atoms with E-state index in [-0.39, 0.29) is 0 Å². The molecule has 0 aromatic carbocycles. The quantitative estimate of drug-likeness (QED) is 0.893. The fourth-order valence-corrected chi connectivity index (χ4v) is 2.46. The zero-order chi connectivity index (χ0) is 11.6. The van der Waals surface area contributed by atoms with Gasteiger partial charge in [0, 0.05) is 13.6 Å². The van der Waals surface area contributed by atoms with Crippen LogP contribution in [0.2, 0.25) is 0 Å². The van der Waals surface area contributed by atoms with Crippen LogP contribution in [0.1, 0.15) is 26.2 Å². The molecule has 16 heavy (non-hydrogen) atoms. The summed E-state index contributed by atoms with van der Waals surface area (Å²) in [5.74, 6) is 1.68. The van der Waals surface area contributed by atoms with Crippen LogP contribution >= 0.6 is 15.9 Å². The van der Waals surface area contributed by atoms with Crippen LogP contribution in [0.25, 0.3) is 0 Å². The predicted octanol–water partition coefficient (Wildman–Crippen LogP) is 2.88. The molecular weight excluding hydrogens is 268 g/mol. The van der Waals surface area contributed by atoms with Crippen molar-refractivity contribution in [3.05, 3.63) is 10.8 Å². The first kappa shape index (κ1) is 11.6. The number of rotatable bonds is 4. The number of nitrogens with one attached hydrogen (secondary N) is 2. The fraction of sp³-hybridized carbons (Fsp3) is 0.636. The molecule has 1 fully saturated rings. The van der Waals surface area contributed by atoms with Crippen LogP contribution in [-0.4, -0.2) is 23.6 Å². The van der Waals surface area contributed by atoms with Gasteiger partial charge in [-0.05, 0) is 34.2 Å². The third-order valence-corrected chi connectivity index (χ3v) is 4.02. The summed E-state index contributed by atoms with van der Waals surface area (Å²) < 4.78 is 0.903. The Kier molecular flexibility index (Phi) is 3.33. The molecule has 1 aliphatic carbocycles. The summed E-state index contributed by atoms with van der Waals surface area (Å²) in [6.07, 6.45) is 5.54. The normalized spacial score (nSPS) is 17.7. The molecule has 88 valence electrons. The van der Waals surface area contributed by atoms with Gasteiger partial charge >= 0.3 is 0 Å². The van der Waals surface area contributed by atoms with Crippen LogP contribution in [-0.2, 0) is 0 Å². The average molecular weight is 285 g/mol. The van der Waals surface area contributed by atoms with Crippen LogP contribution in [0.5, 0.6) is 0 Å². The van der Waals surface area contributed by atoms with E-state index in [9.17, 15) is 0 Å². The fourth-order valence-electron chi connectivity index (χ4n) is 1.92. The third-order valence-electron chi connectivity index (χ3n) is 3.27. The standard InChI is InChI=1S/C11H17BrN4/c1-11(4-3-5-11)6-14-10-8(12)9(13-2)15-7-16-10/h7H,3-6H2,1-2H3,(H2,13,14,15,16). The first-order chi connectivity index (χ1) is 7.64. The molecule has 0 unspecified atom stereocenters. The van der Waals surface area contributed by atoms with E-state index in [1.165, 1.54) is 19.3 Å². The van der Waals surface area contributed by atoms with Gasteiger partial charge in [0.1, 0.15) is 22.4 Å². The van der Waals surface area contributed by atoms with Crippen molar-refractivity contribution >= 4 is 27.6 Å². The maximum atomic E-state index is 4.24. The molecule has 1 aromatic heterocycles. The van der Waals surface area contributed by atoms with E-state index in [4.69, 9.17) is 0 Å². The molecule has 2 rings (SSSR count). The highest BCUT2D eigenvalue weighted by Crippen LogP contribution is 2.40. The number of aromatic nitrogens is 2. The molecule has 4 nitrogen and oxygen atoms in total. The van der Waals surface area contributed by atoms with Gasteiger partial charge in [0.15, 0.2) is 0 Å². The van der Waals surface area contributed by atoms with Gasteiger partial charge in [-0.25, -0.2) is 9.97 Å². The molecule has 0 amide bonds. The molecule has 0 aliphatic heterocycles. The van der Waals surface area contributed by atoms with Crippen LogP contribution in [0.15, 0.2) is 10.8 Å². The van der Waals surface area contributed by atoms with E-state index in [0.717, 1.165) is 22.7 Å². The van der Waals surface area contributed by atoms with E-state index in [1.54, 1.807) is 6.33 Å². The Balaban J connectivity index is 2.03. The topological polar surface area (TPSA) is 49.8 Å². The smallest absolute Gasteiger partial charge is 0.145 e. The number of hydrogen-bond donors (Lipinski definition) is 2. The highest BCUT2D eigenvalue weighted by Gasteiger charge is 2.31. The van der Waals surface area contributed by atoms with Crippen molar-refractivity contribution in [1.29, 1.82) is 0 Å². The summed E-state index contributed by atoms with van der Waals surface area (Å²) in [5.41, 5.74) is 0.449. The summed E-state index contributed by atoms with van der Waals surface area (Å²) in [6.45, 7) is 3.29. The van der Waals surface area contributed by atoms with E-state index >= 15 is 0 Å². The second kappa shape index (κ2) is 4.57. The van der Waals surface area contributed by atoms with Crippen LogP contribution in [0, 0.1) is 5.41 Å². The predicted molar refractivity (Wildman–Crippen MR) is 69.7 cm³/mol. The van der Waals surface area contributed by atoms with E-state index in [0.29, 0.717) is 5.41 Å². The van der Waals surface area contributed by atoms with Gasteiger partial charge in [0.25, 0.3) is 0 Å². The first-order valence-corrected chi connectivity index (χ1v) is 6.36. The van der Waals surface area contributed by atoms with E-state index in [2.05, 4.69) is 43.5 Å². The molecule has 0 spiro atoms. The van der Waals surface area contributed by atoms with Gasteiger partial charge in [0.05, 0.1) is 0 Å². The van der Waals surface area contributed by atoms with Crippen LogP contribution < -0.4 is 10.6 Å². The van der Waals surface area contributed by atoms with Crippen molar-refractivity contribution in [2.45, 2.75) is 26.2 Å². The van der Waals surface area contributed by atoms with Gasteiger partial charge in [-0.15, -0.1) is 0 Å². The summed E-state index contributed by atoms with van der Waals surface area (Å²) in [6, 6.07) is 0. The van der Waals surface area contributed by atoms with Crippen molar-refractivity contribution in [2.24, 2.45) is 5.41 Å². The molecule has 1 heterocycles. The monoisotopic (exact) mass is 284 g/mol. The minimum atomic E-state index is 0.449. The Labute approximate surface area is 104 Å². The largest absolute Gasteiger partial charge is 0.372 e. The first-order valence-electron chi connectivity index (χ1n) is 5.57. The molecule has 0 saturated heterocycles. The highest BCUT2D eigenvalue weighted by atomic mass is 79.9. The zero-order valence-corrected chi connectivity index (χ0v) is 11.3. The second-order valence-electron chi connectivity index (χ2n) is 4.65. The molecule has 1 saturated carbocycles. The molecule has 1 aromatic rings. The molecule has 1 aliphatic rings. The van der Waals surface area contributed by atoms with Crippen molar-refractivity contribution in [1.82, 2.24) is 9.97 Å². The lowest BCUT2D eigenvalue weighted by atomic mass is 9.70. The number of nitrogens with zero attached hydrogens (tertiary/aromatic N) is 2. The summed E-state index contributed by atoms with van der Waals surface area (Å²) in [4.78, 5) is 8.37. The maximum absolute atomic E-state index is 4.24. The summed E-state index contributed by atoms with van der Waals surface area (Å²) in [7, 11) is 1.85. The van der Waals surface area contributed by atoms with Gasteiger partial charge < -0.3 is 10.6 Å². The second-order valence-corrected chi connectivity index (χ2v) is 5.45. The Hall–Kier alpha value is -0.840. The lowest BCUT2D eigenvalue weighted by Crippen LogP contribution is -2.33. The van der Waals surface area contributed by atoms with Crippen LogP contribution in [0.4, 0.5) is 11.6 Å². The molecule has 5 heteroatoms. The molecular formula is C11H17BrN4. The highest BCUT2D eigenvalue weighted by molar-refractivity contribution is 9.10. The summed E-state index contributed by atoms with van der Waals surface area (Å²) in [5, 5.41) is 6.41. The molecule has 2 N–H and O–H groups in total. The lowest BCUT2D eigenvalue weighted by molar-refractivity contribution is 0.180. The number of anilines is 2. The Morgan fingerprint density at radius 3 is 2.62 bits per heavy atom. The van der Waals surface area contributed by atoms with Crippen molar-refractivity contribution in [3.63, 3.8) is 0 Å². The lowest BCUT2D eigenvalue weighted by Gasteiger charge is -2.38. The number of halogens is 1. The Morgan fingerprint density at radius 2 is 2.06 bits per heavy atom. The molecule has 0 radical (unpaired) electrons. The molecule has 0 atom stereocenters. The zero-order valence-electron chi connectivity index (χ0n) is 9.68. The Morgan fingerprint density at radius 1 is 1.38 bits per heavy atom. The average Bonchev–Trinajstić information content (AvgIpc) is 2.25. The van der Waals surface area contributed by atoms with Crippen molar-refractivity contribution < 1.29 is 0 Å². The molecule has 0 bridgehead atoms. The van der Waals surface area contributed by atoms with E-state index in [1.807, 2.05) is 7.05 Å². The van der Waals surface area contributed by atoms with Gasteiger partial charge in [-0.3, -0.25) is 0 Å². The van der Waals surface area contributed by atoms with Crippen molar-refractivity contribution in [2.75, 3.05) is 24.2 Å². The minimum absolute atomic E-state index is 0.449. The summed E-state index contributed by atoms with van der Waals surface area (Å²) >= 11 is 3.50. The number of hydrogen-bond acceptors (Lipinski definition) is 4. The van der Waals surface area contributed by atoms with Crippen LogP contribution in [0.3, 0.4) is 0 Å². The van der Waals surface area contributed by atoms with E-state index < -0.39 is 0 Å². The minimum Gasteiger partial charge on any atom is -0.372 e. The van der Waals surface area contributed by atoms with Crippen molar-refractivity contribution in [3.8, 4) is 0 Å². The maximum Gasteiger partial charge on any atom is 0.145 e. The SMILES string of the molecule is CNc1ncnc(NCC2(C)CCC2)c1Br. The third kappa shape index (κ3) is 2.29. The van der Waals surface area contributed by atoms with Gasteiger partial charge in [-0.1, -0.05) is 13.3 Å². The van der Waals surface area contributed by atoms with Gasteiger partial charge in [0.2, 0.25) is 0 Å².